The molecule has 0 unspecified atom stereocenters. The Morgan fingerprint density at radius 3 is 2.80 bits per heavy atom. The minimum Gasteiger partial charge on any atom is -0.494 e. The molecule has 1 aromatic carbocycles. The minimum absolute atomic E-state index is 0.413. The van der Waals surface area contributed by atoms with Crippen molar-refractivity contribution in [3.8, 4) is 5.75 Å². The van der Waals surface area contributed by atoms with Gasteiger partial charge in [0.15, 0.2) is 0 Å². The summed E-state index contributed by atoms with van der Waals surface area (Å²) in [7, 11) is 0. The lowest BCUT2D eigenvalue weighted by Crippen LogP contribution is -2.25. The van der Waals surface area contributed by atoms with Gasteiger partial charge in [0.05, 0.1) is 12.7 Å². The maximum atomic E-state index is 5.71. The minimum atomic E-state index is 0.413. The third-order valence-corrected chi connectivity index (χ3v) is 3.67. The molecule has 1 heterocycles. The zero-order chi connectivity index (χ0) is 14.0. The molecule has 3 nitrogen and oxygen atoms in total. The van der Waals surface area contributed by atoms with Crippen molar-refractivity contribution >= 4 is 0 Å². The van der Waals surface area contributed by atoms with Crippen molar-refractivity contribution in [1.82, 2.24) is 5.32 Å². The van der Waals surface area contributed by atoms with Crippen LogP contribution in [0.5, 0.6) is 5.75 Å². The van der Waals surface area contributed by atoms with Crippen molar-refractivity contribution in [1.29, 1.82) is 0 Å². The van der Waals surface area contributed by atoms with Gasteiger partial charge in [-0.15, -0.1) is 0 Å². The quantitative estimate of drug-likeness (QED) is 0.701. The zero-order valence-electron chi connectivity index (χ0n) is 12.6. The van der Waals surface area contributed by atoms with E-state index in [1.807, 2.05) is 0 Å². The highest BCUT2D eigenvalue weighted by Crippen LogP contribution is 2.14. The SMILES string of the molecule is CCCCCOc1ccc(CNC[C@H]2CCCO2)cc1. The Morgan fingerprint density at radius 1 is 1.25 bits per heavy atom. The molecule has 0 bridgehead atoms. The molecule has 20 heavy (non-hydrogen) atoms. The molecule has 2 rings (SSSR count). The van der Waals surface area contributed by atoms with Crippen molar-refractivity contribution in [2.75, 3.05) is 19.8 Å². The first kappa shape index (κ1) is 15.3. The second-order valence-electron chi connectivity index (χ2n) is 5.47. The van der Waals surface area contributed by atoms with Gasteiger partial charge < -0.3 is 14.8 Å². The largest absolute Gasteiger partial charge is 0.494 e. The summed E-state index contributed by atoms with van der Waals surface area (Å²) in [5.74, 6) is 0.976. The highest BCUT2D eigenvalue weighted by atomic mass is 16.5. The average molecular weight is 277 g/mol. The van der Waals surface area contributed by atoms with E-state index in [4.69, 9.17) is 9.47 Å². The van der Waals surface area contributed by atoms with Crippen molar-refractivity contribution in [3.63, 3.8) is 0 Å². The maximum Gasteiger partial charge on any atom is 0.119 e. The third-order valence-electron chi connectivity index (χ3n) is 3.67. The van der Waals surface area contributed by atoms with Crippen LogP contribution in [-0.4, -0.2) is 25.9 Å². The van der Waals surface area contributed by atoms with E-state index in [1.54, 1.807) is 0 Å². The fourth-order valence-corrected chi connectivity index (χ4v) is 2.43. The van der Waals surface area contributed by atoms with E-state index >= 15 is 0 Å². The molecule has 112 valence electrons. The Morgan fingerprint density at radius 2 is 2.10 bits per heavy atom. The van der Waals surface area contributed by atoms with Crippen LogP contribution >= 0.6 is 0 Å². The molecule has 1 fully saturated rings. The summed E-state index contributed by atoms with van der Waals surface area (Å²) < 4.78 is 11.3. The molecular weight excluding hydrogens is 250 g/mol. The van der Waals surface area contributed by atoms with Crippen LogP contribution in [0, 0.1) is 0 Å². The predicted molar refractivity (Wildman–Crippen MR) is 82.1 cm³/mol. The molecule has 1 aromatic rings. The number of rotatable bonds is 9. The Labute approximate surface area is 122 Å². The van der Waals surface area contributed by atoms with Crippen LogP contribution in [0.3, 0.4) is 0 Å². The molecule has 0 aliphatic carbocycles. The summed E-state index contributed by atoms with van der Waals surface area (Å²) in [6.45, 7) is 5.81. The topological polar surface area (TPSA) is 30.5 Å². The van der Waals surface area contributed by atoms with Crippen LogP contribution in [0.1, 0.15) is 44.6 Å². The summed E-state index contributed by atoms with van der Waals surface area (Å²) in [5.41, 5.74) is 1.30. The van der Waals surface area contributed by atoms with Gasteiger partial charge in [-0.25, -0.2) is 0 Å². The first-order valence-electron chi connectivity index (χ1n) is 7.92. The Hall–Kier alpha value is -1.06. The monoisotopic (exact) mass is 277 g/mol. The van der Waals surface area contributed by atoms with Crippen LogP contribution in [-0.2, 0) is 11.3 Å². The molecule has 0 radical (unpaired) electrons. The first-order valence-corrected chi connectivity index (χ1v) is 7.92. The lowest BCUT2D eigenvalue weighted by Gasteiger charge is -2.11. The van der Waals surface area contributed by atoms with Crippen molar-refractivity contribution in [3.05, 3.63) is 29.8 Å². The number of ether oxygens (including phenoxy) is 2. The Bertz CT molecular complexity index is 358. The zero-order valence-corrected chi connectivity index (χ0v) is 12.6. The molecule has 1 aliphatic rings. The van der Waals surface area contributed by atoms with Crippen LogP contribution in [0.2, 0.25) is 0 Å². The molecule has 0 amide bonds. The van der Waals surface area contributed by atoms with E-state index < -0.39 is 0 Å². The standard InChI is InChI=1S/C17H27NO2/c1-2-3-4-11-19-16-9-7-15(8-10-16)13-18-14-17-6-5-12-20-17/h7-10,17-18H,2-6,11-14H2,1H3/t17-/m1/s1. The molecule has 1 saturated heterocycles. The molecule has 3 heteroatoms. The van der Waals surface area contributed by atoms with E-state index in [-0.39, 0.29) is 0 Å². The van der Waals surface area contributed by atoms with E-state index in [0.717, 1.165) is 38.5 Å². The molecule has 1 N–H and O–H groups in total. The van der Waals surface area contributed by atoms with Crippen molar-refractivity contribution in [2.24, 2.45) is 0 Å². The third kappa shape index (κ3) is 5.51. The van der Waals surface area contributed by atoms with E-state index in [1.165, 1.54) is 31.2 Å². The van der Waals surface area contributed by atoms with Gasteiger partial charge in [0.1, 0.15) is 5.75 Å². The highest BCUT2D eigenvalue weighted by Gasteiger charge is 2.14. The lowest BCUT2D eigenvalue weighted by molar-refractivity contribution is 0.110. The lowest BCUT2D eigenvalue weighted by atomic mass is 10.2. The molecule has 1 aliphatic heterocycles. The van der Waals surface area contributed by atoms with Crippen LogP contribution < -0.4 is 10.1 Å². The van der Waals surface area contributed by atoms with Crippen LogP contribution in [0.25, 0.3) is 0 Å². The second-order valence-corrected chi connectivity index (χ2v) is 5.47. The van der Waals surface area contributed by atoms with Gasteiger partial charge in [0.25, 0.3) is 0 Å². The van der Waals surface area contributed by atoms with E-state index in [0.29, 0.717) is 6.10 Å². The van der Waals surface area contributed by atoms with Crippen molar-refractivity contribution < 1.29 is 9.47 Å². The maximum absolute atomic E-state index is 5.71. The number of hydrogen-bond donors (Lipinski definition) is 1. The fourth-order valence-electron chi connectivity index (χ4n) is 2.43. The molecule has 0 aromatic heterocycles. The predicted octanol–water partition coefficient (Wildman–Crippen LogP) is 3.52. The number of hydrogen-bond acceptors (Lipinski definition) is 3. The Kier molecular flexibility index (Phi) is 6.89. The molecular formula is C17H27NO2. The van der Waals surface area contributed by atoms with Gasteiger partial charge >= 0.3 is 0 Å². The van der Waals surface area contributed by atoms with Gasteiger partial charge in [-0.05, 0) is 37.0 Å². The second kappa shape index (κ2) is 8.98. The van der Waals surface area contributed by atoms with E-state index in [2.05, 4.69) is 36.5 Å². The first-order chi connectivity index (χ1) is 9.88. The number of benzene rings is 1. The highest BCUT2D eigenvalue weighted by molar-refractivity contribution is 5.27. The van der Waals surface area contributed by atoms with Crippen LogP contribution in [0.15, 0.2) is 24.3 Å². The van der Waals surface area contributed by atoms with Gasteiger partial charge in [-0.1, -0.05) is 31.9 Å². The summed E-state index contributed by atoms with van der Waals surface area (Å²) >= 11 is 0. The number of unbranched alkanes of at least 4 members (excludes halogenated alkanes) is 2. The van der Waals surface area contributed by atoms with Gasteiger partial charge in [-0.3, -0.25) is 0 Å². The average Bonchev–Trinajstić information content (AvgIpc) is 2.98. The summed E-state index contributed by atoms with van der Waals surface area (Å²) in [4.78, 5) is 0. The fraction of sp³-hybridized carbons (Fsp3) is 0.647. The van der Waals surface area contributed by atoms with E-state index in [9.17, 15) is 0 Å². The Balaban J connectivity index is 1.63. The molecule has 0 spiro atoms. The smallest absolute Gasteiger partial charge is 0.119 e. The van der Waals surface area contributed by atoms with Crippen LogP contribution in [0.4, 0.5) is 0 Å². The van der Waals surface area contributed by atoms with Crippen molar-refractivity contribution in [2.45, 2.75) is 51.7 Å². The molecule has 1 atom stereocenters. The number of nitrogens with one attached hydrogen (secondary N) is 1. The summed E-state index contributed by atoms with van der Waals surface area (Å²) in [6.07, 6.45) is 6.43. The summed E-state index contributed by atoms with van der Waals surface area (Å²) in [6, 6.07) is 8.40. The van der Waals surface area contributed by atoms with Gasteiger partial charge in [-0.2, -0.15) is 0 Å². The normalized spacial score (nSPS) is 18.4. The molecule has 0 saturated carbocycles. The van der Waals surface area contributed by atoms with Gasteiger partial charge in [0.2, 0.25) is 0 Å². The summed E-state index contributed by atoms with van der Waals surface area (Å²) in [5, 5.41) is 3.46. The van der Waals surface area contributed by atoms with Gasteiger partial charge in [0, 0.05) is 19.7 Å².